The molecule has 6 nitrogen and oxygen atoms in total. The summed E-state index contributed by atoms with van der Waals surface area (Å²) in [6.07, 6.45) is 8.99. The van der Waals surface area contributed by atoms with Crippen LogP contribution in [0.25, 0.3) is 5.65 Å². The van der Waals surface area contributed by atoms with Crippen LogP contribution in [-0.4, -0.2) is 40.5 Å². The van der Waals surface area contributed by atoms with Crippen molar-refractivity contribution in [2.75, 3.05) is 23.3 Å². The summed E-state index contributed by atoms with van der Waals surface area (Å²) in [4.78, 5) is 11.3. The molecule has 0 saturated carbocycles. The Morgan fingerprint density at radius 3 is 2.85 bits per heavy atom. The van der Waals surface area contributed by atoms with Crippen LogP contribution in [0.2, 0.25) is 0 Å². The summed E-state index contributed by atoms with van der Waals surface area (Å²) in [6, 6.07) is 6.06. The van der Waals surface area contributed by atoms with Gasteiger partial charge in [0.05, 0.1) is 0 Å². The summed E-state index contributed by atoms with van der Waals surface area (Å²) < 4.78 is 1.77. The highest BCUT2D eigenvalue weighted by atomic mass is 15.3. The third-order valence-corrected chi connectivity index (χ3v) is 5.20. The van der Waals surface area contributed by atoms with E-state index in [-0.39, 0.29) is 0 Å². The fourth-order valence-corrected chi connectivity index (χ4v) is 3.52. The average Bonchev–Trinajstić information content (AvgIpc) is 3.08. The van der Waals surface area contributed by atoms with E-state index in [0.29, 0.717) is 17.7 Å². The highest BCUT2D eigenvalue weighted by molar-refractivity contribution is 6.36. The summed E-state index contributed by atoms with van der Waals surface area (Å²) in [5, 5.41) is 7.83. The summed E-state index contributed by atoms with van der Waals surface area (Å²) in [7, 11) is 6.09. The maximum atomic E-state index is 6.09. The summed E-state index contributed by atoms with van der Waals surface area (Å²) >= 11 is 0. The molecular weight excluding hydrogens is 323 g/mol. The van der Waals surface area contributed by atoms with Gasteiger partial charge in [0.2, 0.25) is 0 Å². The molecule has 1 aliphatic heterocycles. The molecule has 3 aromatic heterocycles. The van der Waals surface area contributed by atoms with Gasteiger partial charge in [-0.25, -0.2) is 4.98 Å². The van der Waals surface area contributed by atoms with Gasteiger partial charge in [-0.15, -0.1) is 0 Å². The smallest absolute Gasteiger partial charge is 0.152 e. The molecule has 3 aromatic rings. The molecule has 0 amide bonds. The average molecular weight is 346 g/mol. The SMILES string of the molecule is [B]c1cnn2c(NCc3cccnc3)cc(N3CCC(CC)CC3)nc12. The summed E-state index contributed by atoms with van der Waals surface area (Å²) in [5.41, 5.74) is 2.41. The largest absolute Gasteiger partial charge is 0.366 e. The molecule has 1 N–H and O–H groups in total. The number of nitrogens with zero attached hydrogens (tertiary/aromatic N) is 5. The second kappa shape index (κ2) is 7.36. The van der Waals surface area contributed by atoms with Gasteiger partial charge in [0, 0.05) is 44.3 Å². The number of piperidine rings is 1. The van der Waals surface area contributed by atoms with Crippen LogP contribution in [0.5, 0.6) is 0 Å². The minimum atomic E-state index is 0.597. The van der Waals surface area contributed by atoms with Crippen molar-refractivity contribution in [2.45, 2.75) is 32.7 Å². The fourth-order valence-electron chi connectivity index (χ4n) is 3.52. The van der Waals surface area contributed by atoms with Crippen molar-refractivity contribution in [3.63, 3.8) is 0 Å². The van der Waals surface area contributed by atoms with Crippen LogP contribution in [0, 0.1) is 5.92 Å². The van der Waals surface area contributed by atoms with Crippen LogP contribution in [0.4, 0.5) is 11.6 Å². The first-order chi connectivity index (χ1) is 12.7. The quantitative estimate of drug-likeness (QED) is 0.718. The number of hydrogen-bond acceptors (Lipinski definition) is 5. The highest BCUT2D eigenvalue weighted by Crippen LogP contribution is 2.26. The Balaban J connectivity index is 1.61. The molecule has 0 unspecified atom stereocenters. The number of aromatic nitrogens is 4. The molecule has 1 fully saturated rings. The number of rotatable bonds is 5. The van der Waals surface area contributed by atoms with Crippen molar-refractivity contribution < 1.29 is 0 Å². The number of hydrogen-bond donors (Lipinski definition) is 1. The summed E-state index contributed by atoms with van der Waals surface area (Å²) in [6.45, 7) is 5.03. The molecule has 0 bridgehead atoms. The molecule has 4 heterocycles. The molecule has 4 rings (SSSR count). The van der Waals surface area contributed by atoms with Crippen LogP contribution < -0.4 is 15.7 Å². The molecule has 132 valence electrons. The second-order valence-electron chi connectivity index (χ2n) is 6.89. The monoisotopic (exact) mass is 346 g/mol. The van der Waals surface area contributed by atoms with Gasteiger partial charge < -0.3 is 10.2 Å². The Morgan fingerprint density at radius 2 is 2.12 bits per heavy atom. The van der Waals surface area contributed by atoms with E-state index in [1.165, 1.54) is 19.3 Å². The van der Waals surface area contributed by atoms with E-state index in [4.69, 9.17) is 12.8 Å². The van der Waals surface area contributed by atoms with Gasteiger partial charge in [-0.3, -0.25) is 4.98 Å². The predicted octanol–water partition coefficient (Wildman–Crippen LogP) is 2.16. The Hall–Kier alpha value is -2.57. The van der Waals surface area contributed by atoms with Crippen molar-refractivity contribution in [1.29, 1.82) is 0 Å². The van der Waals surface area contributed by atoms with Crippen LogP contribution >= 0.6 is 0 Å². The molecule has 1 saturated heterocycles. The van der Waals surface area contributed by atoms with E-state index >= 15 is 0 Å². The zero-order valence-corrected chi connectivity index (χ0v) is 15.1. The first kappa shape index (κ1) is 16.9. The summed E-state index contributed by atoms with van der Waals surface area (Å²) in [5.74, 6) is 2.69. The number of nitrogens with one attached hydrogen (secondary N) is 1. The maximum absolute atomic E-state index is 6.09. The highest BCUT2D eigenvalue weighted by Gasteiger charge is 2.20. The van der Waals surface area contributed by atoms with Gasteiger partial charge in [-0.1, -0.05) is 19.4 Å². The lowest BCUT2D eigenvalue weighted by Gasteiger charge is -2.32. The molecule has 0 spiro atoms. The Bertz CT molecular complexity index is 870. The van der Waals surface area contributed by atoms with E-state index in [1.807, 2.05) is 18.3 Å². The lowest BCUT2D eigenvalue weighted by Crippen LogP contribution is -2.34. The van der Waals surface area contributed by atoms with Crippen LogP contribution in [0.1, 0.15) is 31.7 Å². The second-order valence-corrected chi connectivity index (χ2v) is 6.89. The van der Waals surface area contributed by atoms with Gasteiger partial charge in [-0.2, -0.15) is 9.61 Å². The van der Waals surface area contributed by atoms with E-state index in [1.54, 1.807) is 16.9 Å². The van der Waals surface area contributed by atoms with E-state index in [2.05, 4.69) is 33.3 Å². The fraction of sp³-hybridized carbons (Fsp3) is 0.421. The Labute approximate surface area is 155 Å². The van der Waals surface area contributed by atoms with Crippen molar-refractivity contribution >= 4 is 30.6 Å². The Morgan fingerprint density at radius 1 is 1.27 bits per heavy atom. The molecule has 1 aliphatic rings. The first-order valence-electron chi connectivity index (χ1n) is 9.26. The molecular formula is C19H23BN6. The normalized spacial score (nSPS) is 15.5. The third kappa shape index (κ3) is 3.38. The van der Waals surface area contributed by atoms with Crippen molar-refractivity contribution in [1.82, 2.24) is 19.6 Å². The molecule has 0 atom stereocenters. The van der Waals surface area contributed by atoms with Crippen molar-refractivity contribution in [3.8, 4) is 0 Å². The molecule has 2 radical (unpaired) electrons. The first-order valence-corrected chi connectivity index (χ1v) is 9.26. The van der Waals surface area contributed by atoms with Gasteiger partial charge in [0.1, 0.15) is 19.5 Å². The zero-order chi connectivity index (χ0) is 17.9. The molecule has 26 heavy (non-hydrogen) atoms. The maximum Gasteiger partial charge on any atom is 0.152 e. The Kier molecular flexibility index (Phi) is 4.78. The third-order valence-electron chi connectivity index (χ3n) is 5.20. The number of fused-ring (bicyclic) bond motifs is 1. The van der Waals surface area contributed by atoms with Crippen LogP contribution in [-0.2, 0) is 6.54 Å². The minimum absolute atomic E-state index is 0.597. The lowest BCUT2D eigenvalue weighted by atomic mass is 9.94. The van der Waals surface area contributed by atoms with E-state index < -0.39 is 0 Å². The molecule has 0 aliphatic carbocycles. The van der Waals surface area contributed by atoms with Crippen molar-refractivity contribution in [3.05, 3.63) is 42.4 Å². The van der Waals surface area contributed by atoms with Gasteiger partial charge >= 0.3 is 0 Å². The standard InChI is InChI=1S/C19H23BN6/c1-2-14-5-8-25(9-6-14)18-10-17(22-12-15-4-3-7-21-11-15)26-19(24-18)16(20)13-23-26/h3-4,7,10-11,13-14,22H,2,5-6,8-9,12H2,1H3. The molecule has 0 aromatic carbocycles. The zero-order valence-electron chi connectivity index (χ0n) is 15.1. The lowest BCUT2D eigenvalue weighted by molar-refractivity contribution is 0.394. The van der Waals surface area contributed by atoms with E-state index in [0.717, 1.165) is 36.2 Å². The van der Waals surface area contributed by atoms with Gasteiger partial charge in [0.15, 0.2) is 5.65 Å². The number of pyridine rings is 1. The van der Waals surface area contributed by atoms with Gasteiger partial charge in [0.25, 0.3) is 0 Å². The number of anilines is 2. The van der Waals surface area contributed by atoms with Crippen LogP contribution in [0.3, 0.4) is 0 Å². The minimum Gasteiger partial charge on any atom is -0.366 e. The van der Waals surface area contributed by atoms with Crippen LogP contribution in [0.15, 0.2) is 36.8 Å². The predicted molar refractivity (Wildman–Crippen MR) is 105 cm³/mol. The van der Waals surface area contributed by atoms with Gasteiger partial charge in [-0.05, 0) is 35.9 Å². The molecule has 7 heteroatoms. The topological polar surface area (TPSA) is 58.4 Å². The van der Waals surface area contributed by atoms with E-state index in [9.17, 15) is 0 Å². The van der Waals surface area contributed by atoms with Crippen molar-refractivity contribution in [2.24, 2.45) is 5.92 Å².